The van der Waals surface area contributed by atoms with Gasteiger partial charge in [0.1, 0.15) is 0 Å². The first-order valence-electron chi connectivity index (χ1n) is 4.91. The zero-order valence-corrected chi connectivity index (χ0v) is 8.39. The molecule has 0 bridgehead atoms. The lowest BCUT2D eigenvalue weighted by Crippen LogP contribution is -1.75. The number of benzene rings is 1. The van der Waals surface area contributed by atoms with Gasteiger partial charge < -0.3 is 0 Å². The lowest BCUT2D eigenvalue weighted by atomic mass is 10.1. The standard InChI is InChI=1S/C10H12.C2H6/c1-3-9(2)10-7-5-4-6-8-10;1-2/h3-8H,1-2H3;1-2H3/i3D;. The molecule has 0 fully saturated rings. The van der Waals surface area contributed by atoms with Crippen LogP contribution in [0.4, 0.5) is 0 Å². The monoisotopic (exact) mass is 163 g/mol. The Morgan fingerprint density at radius 3 is 2.17 bits per heavy atom. The van der Waals surface area contributed by atoms with Gasteiger partial charge in [-0.2, -0.15) is 0 Å². The second-order valence-electron chi connectivity index (χ2n) is 2.24. The molecule has 0 amide bonds. The van der Waals surface area contributed by atoms with E-state index in [1.165, 1.54) is 0 Å². The first-order valence-corrected chi connectivity index (χ1v) is 4.41. The minimum absolute atomic E-state index is 0.635. The molecule has 12 heavy (non-hydrogen) atoms. The Balaban J connectivity index is 0.000000671. The van der Waals surface area contributed by atoms with Crippen molar-refractivity contribution in [2.75, 3.05) is 0 Å². The molecular formula is C12H18. The van der Waals surface area contributed by atoms with Crippen LogP contribution >= 0.6 is 0 Å². The van der Waals surface area contributed by atoms with E-state index in [-0.39, 0.29) is 0 Å². The average Bonchev–Trinajstić information content (AvgIpc) is 2.21. The third-order valence-electron chi connectivity index (χ3n) is 1.58. The molecule has 0 spiro atoms. The van der Waals surface area contributed by atoms with Crippen LogP contribution in [0.2, 0.25) is 0 Å². The molecule has 0 radical (unpaired) electrons. The maximum atomic E-state index is 7.40. The summed E-state index contributed by atoms with van der Waals surface area (Å²) in [5.74, 6) is 0. The van der Waals surface area contributed by atoms with Gasteiger partial charge in [0.25, 0.3) is 0 Å². The van der Waals surface area contributed by atoms with Gasteiger partial charge in [-0.15, -0.1) is 0 Å². The molecule has 0 aliphatic rings. The van der Waals surface area contributed by atoms with Gasteiger partial charge in [-0.1, -0.05) is 50.2 Å². The van der Waals surface area contributed by atoms with Gasteiger partial charge in [0.15, 0.2) is 0 Å². The lowest BCUT2D eigenvalue weighted by Gasteiger charge is -1.97. The molecule has 0 heterocycles. The van der Waals surface area contributed by atoms with Crippen LogP contribution in [0.5, 0.6) is 0 Å². The summed E-state index contributed by atoms with van der Waals surface area (Å²) in [5.41, 5.74) is 2.19. The van der Waals surface area contributed by atoms with Gasteiger partial charge in [-0.3, -0.25) is 0 Å². The van der Waals surface area contributed by atoms with Crippen molar-refractivity contribution < 1.29 is 1.37 Å². The second kappa shape index (κ2) is 6.66. The normalized spacial score (nSPS) is 12.2. The number of hydrogen-bond acceptors (Lipinski definition) is 0. The summed E-state index contributed by atoms with van der Waals surface area (Å²) in [6.45, 7) is 7.78. The Labute approximate surface area is 77.3 Å². The van der Waals surface area contributed by atoms with Crippen molar-refractivity contribution >= 4 is 5.57 Å². The summed E-state index contributed by atoms with van der Waals surface area (Å²) in [5, 5.41) is 0. The van der Waals surface area contributed by atoms with E-state index in [1.807, 2.05) is 58.0 Å². The summed E-state index contributed by atoms with van der Waals surface area (Å²) < 4.78 is 7.40. The molecule has 0 aliphatic heterocycles. The first-order chi connectivity index (χ1) is 6.22. The molecule has 1 rings (SSSR count). The molecule has 0 heteroatoms. The van der Waals surface area contributed by atoms with Crippen molar-refractivity contribution in [2.24, 2.45) is 0 Å². The highest BCUT2D eigenvalue weighted by molar-refractivity contribution is 5.62. The van der Waals surface area contributed by atoms with E-state index in [0.29, 0.717) is 6.05 Å². The number of allylic oxidation sites excluding steroid dienone is 2. The number of rotatable bonds is 1. The second-order valence-corrected chi connectivity index (χ2v) is 2.24. The maximum Gasteiger partial charge on any atom is 0.0576 e. The minimum atomic E-state index is 0.635. The van der Waals surface area contributed by atoms with Crippen LogP contribution in [0.1, 0.15) is 34.6 Å². The van der Waals surface area contributed by atoms with Crippen molar-refractivity contribution in [3.05, 3.63) is 41.9 Å². The van der Waals surface area contributed by atoms with E-state index in [2.05, 4.69) is 0 Å². The SMILES string of the molecule is CC.[2H]C(C)=C(C)c1ccccc1. The smallest absolute Gasteiger partial charge is 0.0576 e. The third-order valence-corrected chi connectivity index (χ3v) is 1.58. The lowest BCUT2D eigenvalue weighted by molar-refractivity contribution is 1.50. The Morgan fingerprint density at radius 2 is 1.75 bits per heavy atom. The quantitative estimate of drug-likeness (QED) is 0.583. The zero-order valence-electron chi connectivity index (χ0n) is 9.39. The Hall–Kier alpha value is -1.04. The maximum absolute atomic E-state index is 7.40. The molecule has 0 aliphatic carbocycles. The van der Waals surface area contributed by atoms with Crippen molar-refractivity contribution in [1.82, 2.24) is 0 Å². The van der Waals surface area contributed by atoms with E-state index < -0.39 is 0 Å². The molecule has 0 saturated heterocycles. The van der Waals surface area contributed by atoms with E-state index >= 15 is 0 Å². The highest BCUT2D eigenvalue weighted by atomic mass is 13.9. The van der Waals surface area contributed by atoms with Crippen molar-refractivity contribution in [3.63, 3.8) is 0 Å². The largest absolute Gasteiger partial charge is 0.0841 e. The minimum Gasteiger partial charge on any atom is -0.0841 e. The molecular weight excluding hydrogens is 144 g/mol. The Bertz CT molecular complexity index is 256. The summed E-state index contributed by atoms with van der Waals surface area (Å²) in [4.78, 5) is 0. The number of hydrogen-bond donors (Lipinski definition) is 0. The van der Waals surface area contributed by atoms with E-state index in [1.54, 1.807) is 0 Å². The van der Waals surface area contributed by atoms with Crippen molar-refractivity contribution in [2.45, 2.75) is 27.7 Å². The summed E-state index contributed by atoms with van der Waals surface area (Å²) in [7, 11) is 0. The van der Waals surface area contributed by atoms with Crippen LogP contribution in [0, 0.1) is 0 Å². The van der Waals surface area contributed by atoms with Crippen LogP contribution in [-0.4, -0.2) is 0 Å². The van der Waals surface area contributed by atoms with E-state index in [0.717, 1.165) is 11.1 Å². The topological polar surface area (TPSA) is 0 Å². The van der Waals surface area contributed by atoms with Gasteiger partial charge in [0, 0.05) is 0 Å². The fourth-order valence-electron chi connectivity index (χ4n) is 0.832. The van der Waals surface area contributed by atoms with Crippen LogP contribution < -0.4 is 0 Å². The molecule has 0 unspecified atom stereocenters. The van der Waals surface area contributed by atoms with Crippen LogP contribution in [0.15, 0.2) is 36.4 Å². The molecule has 0 saturated carbocycles. The predicted molar refractivity (Wildman–Crippen MR) is 57.1 cm³/mol. The van der Waals surface area contributed by atoms with Crippen LogP contribution in [0.25, 0.3) is 5.57 Å². The summed E-state index contributed by atoms with van der Waals surface area (Å²) in [6, 6.07) is 10.6. The first kappa shape index (κ1) is 9.05. The summed E-state index contributed by atoms with van der Waals surface area (Å²) in [6.07, 6.45) is 0. The fourth-order valence-corrected chi connectivity index (χ4v) is 0.832. The van der Waals surface area contributed by atoms with Crippen LogP contribution in [0.3, 0.4) is 0 Å². The van der Waals surface area contributed by atoms with Crippen molar-refractivity contribution in [3.8, 4) is 0 Å². The predicted octanol–water partition coefficient (Wildman–Crippen LogP) is 4.14. The molecule has 66 valence electrons. The van der Waals surface area contributed by atoms with Gasteiger partial charge in [-0.05, 0) is 25.0 Å². The van der Waals surface area contributed by atoms with Gasteiger partial charge in [0.05, 0.1) is 1.37 Å². The Morgan fingerprint density at radius 1 is 1.25 bits per heavy atom. The van der Waals surface area contributed by atoms with Gasteiger partial charge in [0.2, 0.25) is 0 Å². The van der Waals surface area contributed by atoms with E-state index in [9.17, 15) is 0 Å². The van der Waals surface area contributed by atoms with Gasteiger partial charge >= 0.3 is 0 Å². The van der Waals surface area contributed by atoms with Crippen LogP contribution in [-0.2, 0) is 0 Å². The molecule has 1 aromatic carbocycles. The van der Waals surface area contributed by atoms with E-state index in [4.69, 9.17) is 1.37 Å². The van der Waals surface area contributed by atoms with Gasteiger partial charge in [-0.25, -0.2) is 0 Å². The molecule has 1 aromatic rings. The molecule has 0 atom stereocenters. The molecule has 0 N–H and O–H groups in total. The fraction of sp³-hybridized carbons (Fsp3) is 0.333. The highest BCUT2D eigenvalue weighted by Crippen LogP contribution is 2.11. The third kappa shape index (κ3) is 3.38. The van der Waals surface area contributed by atoms with Crippen molar-refractivity contribution in [1.29, 1.82) is 0 Å². The molecule has 0 aromatic heterocycles. The Kier molecular flexibility index (Phi) is 5.02. The zero-order chi connectivity index (χ0) is 10.3. The molecule has 0 nitrogen and oxygen atoms in total. The average molecular weight is 163 g/mol. The highest BCUT2D eigenvalue weighted by Gasteiger charge is 1.88. The summed E-state index contributed by atoms with van der Waals surface area (Å²) >= 11 is 0.